The highest BCUT2D eigenvalue weighted by atomic mass is 32.1. The number of carbonyl (C=O) groups is 2. The number of hydrogen-bond acceptors (Lipinski definition) is 9. The summed E-state index contributed by atoms with van der Waals surface area (Å²) in [6.07, 6.45) is 0.677. The molecule has 1 N–H and O–H groups in total. The summed E-state index contributed by atoms with van der Waals surface area (Å²) in [5.74, 6) is 0.473. The van der Waals surface area contributed by atoms with Crippen molar-refractivity contribution in [1.82, 2.24) is 4.98 Å². The average Bonchev–Trinajstić information content (AvgIpc) is 3.75. The number of aliphatic hydroxyl groups excluding tert-OH is 1. The molecule has 2 atom stereocenters. The highest BCUT2D eigenvalue weighted by Crippen LogP contribution is 2.46. The van der Waals surface area contributed by atoms with Gasteiger partial charge in [-0.3, -0.25) is 14.5 Å². The van der Waals surface area contributed by atoms with Crippen LogP contribution in [0.5, 0.6) is 23.0 Å². The Morgan fingerprint density at radius 2 is 1.83 bits per heavy atom. The lowest BCUT2D eigenvalue weighted by molar-refractivity contribution is -0.132. The first-order valence-electron chi connectivity index (χ1n) is 15.3. The molecule has 238 valence electrons. The molecule has 47 heavy (non-hydrogen) atoms. The standard InChI is InChI=1S/C37H32N2O7S/c1-4-44-30-18-23(10-15-29(30)45-20-22-8-6-5-7-9-22)33-32(34(40)24-11-14-28-25(17-24)16-21(2)46-28)35(41)36(42)39(33)37-38-27-13-12-26(43-3)19-31(27)47-37/h5-15,17-19,21,33,40H,4,16,20H2,1-3H3/b34-32+/t21-,33+/m1/s1. The quantitative estimate of drug-likeness (QED) is 0.101. The van der Waals surface area contributed by atoms with Crippen LogP contribution in [0, 0.1) is 0 Å². The Hall–Kier alpha value is -5.35. The second kappa shape index (κ2) is 12.4. The van der Waals surface area contributed by atoms with Crippen LogP contribution in [0.2, 0.25) is 0 Å². The van der Waals surface area contributed by atoms with Crippen LogP contribution in [0.15, 0.2) is 90.5 Å². The van der Waals surface area contributed by atoms with Crippen LogP contribution >= 0.6 is 11.3 Å². The van der Waals surface area contributed by atoms with E-state index in [9.17, 15) is 14.7 Å². The highest BCUT2D eigenvalue weighted by Gasteiger charge is 2.48. The lowest BCUT2D eigenvalue weighted by Crippen LogP contribution is -2.29. The maximum Gasteiger partial charge on any atom is 0.301 e. The van der Waals surface area contributed by atoms with Gasteiger partial charge in [-0.1, -0.05) is 47.7 Å². The maximum absolute atomic E-state index is 13.9. The molecule has 0 spiro atoms. The van der Waals surface area contributed by atoms with Gasteiger partial charge in [0, 0.05) is 12.0 Å². The van der Waals surface area contributed by atoms with Crippen molar-refractivity contribution in [2.24, 2.45) is 0 Å². The van der Waals surface area contributed by atoms with Crippen LogP contribution in [-0.2, 0) is 22.6 Å². The van der Waals surface area contributed by atoms with E-state index in [1.54, 1.807) is 49.6 Å². The zero-order chi connectivity index (χ0) is 32.7. The minimum absolute atomic E-state index is 0.00486. The molecule has 2 aliphatic rings. The van der Waals surface area contributed by atoms with Crippen LogP contribution in [0.3, 0.4) is 0 Å². The third-order valence-electron chi connectivity index (χ3n) is 8.22. The minimum atomic E-state index is -0.997. The topological polar surface area (TPSA) is 107 Å². The number of aromatic nitrogens is 1. The second-order valence-electron chi connectivity index (χ2n) is 11.4. The van der Waals surface area contributed by atoms with E-state index in [1.807, 2.05) is 56.3 Å². The largest absolute Gasteiger partial charge is 0.507 e. The van der Waals surface area contributed by atoms with Gasteiger partial charge in [0.1, 0.15) is 30.0 Å². The van der Waals surface area contributed by atoms with E-state index in [2.05, 4.69) is 0 Å². The second-order valence-corrected chi connectivity index (χ2v) is 12.4. The molecule has 0 radical (unpaired) electrons. The zero-order valence-corrected chi connectivity index (χ0v) is 26.9. The summed E-state index contributed by atoms with van der Waals surface area (Å²) < 4.78 is 24.2. The summed E-state index contributed by atoms with van der Waals surface area (Å²) in [7, 11) is 1.58. The van der Waals surface area contributed by atoms with Crippen LogP contribution < -0.4 is 23.8 Å². The number of ether oxygens (including phenoxy) is 4. The summed E-state index contributed by atoms with van der Waals surface area (Å²) >= 11 is 1.26. The van der Waals surface area contributed by atoms with Crippen LogP contribution in [0.4, 0.5) is 5.13 Å². The first kappa shape index (κ1) is 30.3. The molecular formula is C37H32N2O7S. The first-order chi connectivity index (χ1) is 22.8. The number of hydrogen-bond donors (Lipinski definition) is 1. The smallest absolute Gasteiger partial charge is 0.301 e. The van der Waals surface area contributed by atoms with Gasteiger partial charge in [-0.2, -0.15) is 0 Å². The molecule has 1 fully saturated rings. The molecule has 3 heterocycles. The molecular weight excluding hydrogens is 616 g/mol. The normalized spacial score (nSPS) is 18.3. The number of benzene rings is 4. The van der Waals surface area contributed by atoms with Crippen LogP contribution in [0.25, 0.3) is 16.0 Å². The fraction of sp³-hybridized carbons (Fsp3) is 0.216. The molecule has 0 aliphatic carbocycles. The Balaban J connectivity index is 1.36. The molecule has 7 rings (SSSR count). The predicted octanol–water partition coefficient (Wildman–Crippen LogP) is 7.23. The summed E-state index contributed by atoms with van der Waals surface area (Å²) in [5.41, 5.74) is 3.50. The number of amides is 1. The third-order valence-corrected chi connectivity index (χ3v) is 9.24. The molecule has 1 aromatic heterocycles. The monoisotopic (exact) mass is 648 g/mol. The van der Waals surface area contributed by atoms with Gasteiger partial charge in [-0.05, 0) is 79.1 Å². The number of nitrogens with zero attached hydrogens (tertiary/aromatic N) is 2. The van der Waals surface area contributed by atoms with E-state index in [0.29, 0.717) is 58.7 Å². The van der Waals surface area contributed by atoms with E-state index < -0.39 is 17.7 Å². The Kier molecular flexibility index (Phi) is 8.03. The maximum atomic E-state index is 13.9. The lowest BCUT2D eigenvalue weighted by atomic mass is 9.94. The number of Topliss-reactive ketones (excluding diaryl/α,β-unsaturated/α-hetero) is 1. The van der Waals surface area contributed by atoms with Gasteiger partial charge in [-0.25, -0.2) is 4.98 Å². The molecule has 0 bridgehead atoms. The van der Waals surface area contributed by atoms with Crippen molar-refractivity contribution in [3.63, 3.8) is 0 Å². The van der Waals surface area contributed by atoms with Crippen LogP contribution in [-0.4, -0.2) is 41.6 Å². The molecule has 0 saturated carbocycles. The summed E-state index contributed by atoms with van der Waals surface area (Å²) in [6, 6.07) is 24.8. The van der Waals surface area contributed by atoms with Crippen molar-refractivity contribution in [2.75, 3.05) is 18.6 Å². The number of methoxy groups -OCH3 is 1. The van der Waals surface area contributed by atoms with Gasteiger partial charge >= 0.3 is 5.91 Å². The highest BCUT2D eigenvalue weighted by molar-refractivity contribution is 7.22. The van der Waals surface area contributed by atoms with E-state index in [1.165, 1.54) is 16.2 Å². The first-order valence-corrected chi connectivity index (χ1v) is 16.1. The SMILES string of the molecule is CCOc1cc([C@H]2/C(=C(\O)c3ccc4c(c3)C[C@@H](C)O4)C(=O)C(=O)N2c2nc3ccc(OC)cc3s2)ccc1OCc1ccccc1. The van der Waals surface area contributed by atoms with E-state index in [-0.39, 0.29) is 17.4 Å². The van der Waals surface area contributed by atoms with Crippen molar-refractivity contribution < 1.29 is 33.6 Å². The molecule has 0 unspecified atom stereocenters. The average molecular weight is 649 g/mol. The van der Waals surface area contributed by atoms with Crippen molar-refractivity contribution in [1.29, 1.82) is 0 Å². The number of rotatable bonds is 9. The van der Waals surface area contributed by atoms with E-state index in [4.69, 9.17) is 23.9 Å². The third kappa shape index (κ3) is 5.65. The lowest BCUT2D eigenvalue weighted by Gasteiger charge is -2.24. The van der Waals surface area contributed by atoms with Crippen molar-refractivity contribution >= 4 is 44.1 Å². The minimum Gasteiger partial charge on any atom is -0.507 e. The molecule has 2 aliphatic heterocycles. The number of carbonyl (C=O) groups excluding carboxylic acids is 2. The van der Waals surface area contributed by atoms with Gasteiger partial charge in [0.25, 0.3) is 5.78 Å². The summed E-state index contributed by atoms with van der Waals surface area (Å²) in [5, 5.41) is 12.1. The van der Waals surface area contributed by atoms with Crippen molar-refractivity contribution in [3.05, 3.63) is 113 Å². The van der Waals surface area contributed by atoms with Crippen LogP contribution in [0.1, 0.15) is 42.1 Å². The van der Waals surface area contributed by atoms with Gasteiger partial charge in [0.2, 0.25) is 0 Å². The number of aliphatic hydroxyl groups is 1. The van der Waals surface area contributed by atoms with Gasteiger partial charge < -0.3 is 24.1 Å². The van der Waals surface area contributed by atoms with E-state index in [0.717, 1.165) is 21.6 Å². The molecule has 1 saturated heterocycles. The zero-order valence-electron chi connectivity index (χ0n) is 26.1. The van der Waals surface area contributed by atoms with Crippen molar-refractivity contribution in [2.45, 2.75) is 39.0 Å². The van der Waals surface area contributed by atoms with E-state index >= 15 is 0 Å². The molecule has 9 nitrogen and oxygen atoms in total. The van der Waals surface area contributed by atoms with Gasteiger partial charge in [0.05, 0.1) is 35.5 Å². The fourth-order valence-corrected chi connectivity index (χ4v) is 7.03. The fourth-order valence-electron chi connectivity index (χ4n) is 6.01. The predicted molar refractivity (Wildman–Crippen MR) is 180 cm³/mol. The van der Waals surface area contributed by atoms with Gasteiger partial charge in [-0.15, -0.1) is 0 Å². The molecule has 1 amide bonds. The Morgan fingerprint density at radius 1 is 1.00 bits per heavy atom. The summed E-state index contributed by atoms with van der Waals surface area (Å²) in [4.78, 5) is 33.9. The number of ketones is 1. The van der Waals surface area contributed by atoms with Gasteiger partial charge in [0.15, 0.2) is 16.6 Å². The number of anilines is 1. The van der Waals surface area contributed by atoms with Crippen molar-refractivity contribution in [3.8, 4) is 23.0 Å². The number of fused-ring (bicyclic) bond motifs is 2. The Labute approximate surface area is 275 Å². The number of thiazole rings is 1. The Morgan fingerprint density at radius 3 is 2.62 bits per heavy atom. The summed E-state index contributed by atoms with van der Waals surface area (Å²) in [6.45, 7) is 4.53. The molecule has 5 aromatic rings. The Bertz CT molecular complexity index is 2040. The molecule has 10 heteroatoms. The molecule has 4 aromatic carbocycles.